The van der Waals surface area contributed by atoms with E-state index in [0.29, 0.717) is 30.3 Å². The summed E-state index contributed by atoms with van der Waals surface area (Å²) in [6.07, 6.45) is 1.72. The van der Waals surface area contributed by atoms with Crippen LogP contribution >= 0.6 is 11.6 Å². The molecule has 4 nitrogen and oxygen atoms in total. The zero-order valence-electron chi connectivity index (χ0n) is 15.4. The molecule has 0 saturated carbocycles. The van der Waals surface area contributed by atoms with Crippen molar-refractivity contribution in [2.45, 2.75) is 26.3 Å². The molecule has 144 valence electrons. The summed E-state index contributed by atoms with van der Waals surface area (Å²) < 4.78 is 19.4. The molecule has 0 aliphatic carbocycles. The highest BCUT2D eigenvalue weighted by atomic mass is 35.5. The minimum Gasteiger partial charge on any atom is -0.494 e. The van der Waals surface area contributed by atoms with Gasteiger partial charge in [0.25, 0.3) is 0 Å². The van der Waals surface area contributed by atoms with Crippen LogP contribution in [0.3, 0.4) is 0 Å². The molecule has 27 heavy (non-hydrogen) atoms. The number of hydrogen-bond acceptors (Lipinski definition) is 3. The quantitative estimate of drug-likeness (QED) is 0.775. The van der Waals surface area contributed by atoms with Gasteiger partial charge >= 0.3 is 0 Å². The number of nitrogens with one attached hydrogen (secondary N) is 1. The summed E-state index contributed by atoms with van der Waals surface area (Å²) in [5.74, 6) is 0.337. The van der Waals surface area contributed by atoms with Gasteiger partial charge in [-0.3, -0.25) is 9.69 Å². The molecule has 0 spiro atoms. The summed E-state index contributed by atoms with van der Waals surface area (Å²) in [6, 6.07) is 12.1. The maximum atomic E-state index is 14.0. The third kappa shape index (κ3) is 5.21. The second-order valence-corrected chi connectivity index (χ2v) is 7.13. The van der Waals surface area contributed by atoms with Crippen LogP contribution in [-0.2, 0) is 11.3 Å². The number of benzene rings is 2. The largest absolute Gasteiger partial charge is 0.494 e. The van der Waals surface area contributed by atoms with Crippen LogP contribution in [0, 0.1) is 11.7 Å². The van der Waals surface area contributed by atoms with Gasteiger partial charge in [-0.25, -0.2) is 4.39 Å². The number of hydrogen-bond donors (Lipinski definition) is 1. The van der Waals surface area contributed by atoms with Gasteiger partial charge in [0.15, 0.2) is 0 Å². The third-order valence-corrected chi connectivity index (χ3v) is 5.11. The van der Waals surface area contributed by atoms with E-state index < -0.39 is 0 Å². The summed E-state index contributed by atoms with van der Waals surface area (Å²) in [5.41, 5.74) is 1.24. The molecule has 1 fully saturated rings. The van der Waals surface area contributed by atoms with Gasteiger partial charge in [0, 0.05) is 29.4 Å². The summed E-state index contributed by atoms with van der Waals surface area (Å²) in [6.45, 7) is 4.37. The highest BCUT2D eigenvalue weighted by molar-refractivity contribution is 6.31. The first-order valence-corrected chi connectivity index (χ1v) is 9.63. The van der Waals surface area contributed by atoms with Gasteiger partial charge in [0.05, 0.1) is 12.5 Å². The molecule has 1 heterocycles. The Labute approximate surface area is 164 Å². The SMILES string of the molecule is CCOc1ccc(NC(=O)C2CCCN(Cc3c(F)cccc3Cl)C2)cc1. The monoisotopic (exact) mass is 390 g/mol. The fraction of sp³-hybridized carbons (Fsp3) is 0.381. The molecule has 0 aromatic heterocycles. The maximum absolute atomic E-state index is 14.0. The van der Waals surface area contributed by atoms with Gasteiger partial charge in [-0.2, -0.15) is 0 Å². The van der Waals surface area contributed by atoms with Gasteiger partial charge in [-0.15, -0.1) is 0 Å². The molecule has 1 unspecified atom stereocenters. The lowest BCUT2D eigenvalue weighted by Gasteiger charge is -2.32. The first-order valence-electron chi connectivity index (χ1n) is 9.25. The molecule has 1 N–H and O–H groups in total. The van der Waals surface area contributed by atoms with E-state index in [1.165, 1.54) is 6.07 Å². The molecule has 1 aliphatic heterocycles. The molecular formula is C21H24ClFN2O2. The Balaban J connectivity index is 1.59. The third-order valence-electron chi connectivity index (χ3n) is 4.75. The Morgan fingerprint density at radius 1 is 1.30 bits per heavy atom. The number of carbonyl (C=O) groups excluding carboxylic acids is 1. The van der Waals surface area contributed by atoms with Gasteiger partial charge < -0.3 is 10.1 Å². The van der Waals surface area contributed by atoms with Crippen LogP contribution in [0.1, 0.15) is 25.3 Å². The van der Waals surface area contributed by atoms with Crippen molar-refractivity contribution < 1.29 is 13.9 Å². The fourth-order valence-corrected chi connectivity index (χ4v) is 3.59. The number of nitrogens with zero attached hydrogens (tertiary/aromatic N) is 1. The Morgan fingerprint density at radius 3 is 2.78 bits per heavy atom. The van der Waals surface area contributed by atoms with Gasteiger partial charge in [-0.05, 0) is 62.7 Å². The highest BCUT2D eigenvalue weighted by Gasteiger charge is 2.26. The van der Waals surface area contributed by atoms with Crippen LogP contribution in [0.25, 0.3) is 0 Å². The molecule has 0 bridgehead atoms. The van der Waals surface area contributed by atoms with Crippen molar-refractivity contribution in [3.63, 3.8) is 0 Å². The second kappa shape index (κ2) is 9.20. The molecule has 2 aromatic rings. The van der Waals surface area contributed by atoms with Crippen LogP contribution < -0.4 is 10.1 Å². The Kier molecular flexibility index (Phi) is 6.69. The van der Waals surface area contributed by atoms with E-state index in [9.17, 15) is 9.18 Å². The summed E-state index contributed by atoms with van der Waals surface area (Å²) in [7, 11) is 0. The molecule has 6 heteroatoms. The molecule has 1 aliphatic rings. The van der Waals surface area contributed by atoms with E-state index >= 15 is 0 Å². The van der Waals surface area contributed by atoms with Crippen LogP contribution in [0.5, 0.6) is 5.75 Å². The van der Waals surface area contributed by atoms with Crippen molar-refractivity contribution >= 4 is 23.2 Å². The Bertz CT molecular complexity index is 762. The van der Waals surface area contributed by atoms with Crippen molar-refractivity contribution in [2.75, 3.05) is 25.0 Å². The average Bonchev–Trinajstić information content (AvgIpc) is 2.67. The van der Waals surface area contributed by atoms with Crippen LogP contribution in [-0.4, -0.2) is 30.5 Å². The summed E-state index contributed by atoms with van der Waals surface area (Å²) in [4.78, 5) is 14.7. The molecule has 1 amide bonds. The lowest BCUT2D eigenvalue weighted by molar-refractivity contribution is -0.121. The zero-order valence-corrected chi connectivity index (χ0v) is 16.1. The van der Waals surface area contributed by atoms with E-state index in [2.05, 4.69) is 10.2 Å². The van der Waals surface area contributed by atoms with Crippen molar-refractivity contribution in [3.05, 3.63) is 58.9 Å². The summed E-state index contributed by atoms with van der Waals surface area (Å²) in [5, 5.41) is 3.39. The smallest absolute Gasteiger partial charge is 0.228 e. The van der Waals surface area contributed by atoms with Gasteiger partial charge in [-0.1, -0.05) is 17.7 Å². The van der Waals surface area contributed by atoms with Crippen molar-refractivity contribution in [2.24, 2.45) is 5.92 Å². The van der Waals surface area contributed by atoms with E-state index in [4.69, 9.17) is 16.3 Å². The molecule has 1 atom stereocenters. The molecule has 2 aromatic carbocycles. The number of likely N-dealkylation sites (tertiary alicyclic amines) is 1. The molecule has 1 saturated heterocycles. The molecule has 3 rings (SSSR count). The lowest BCUT2D eigenvalue weighted by atomic mass is 9.96. The van der Waals surface area contributed by atoms with Gasteiger partial charge in [0.1, 0.15) is 11.6 Å². The first-order chi connectivity index (χ1) is 13.1. The standard InChI is InChI=1S/C21H24ClFN2O2/c1-2-27-17-10-8-16(9-11-17)24-21(26)15-5-4-12-25(13-15)14-18-19(22)6-3-7-20(18)23/h3,6-11,15H,2,4-5,12-14H2,1H3,(H,24,26). The van der Waals surface area contributed by atoms with Crippen LogP contribution in [0.2, 0.25) is 5.02 Å². The van der Waals surface area contributed by atoms with E-state index in [1.54, 1.807) is 12.1 Å². The van der Waals surface area contributed by atoms with E-state index in [0.717, 1.165) is 30.8 Å². The lowest BCUT2D eigenvalue weighted by Crippen LogP contribution is -2.40. The van der Waals surface area contributed by atoms with E-state index in [-0.39, 0.29) is 17.6 Å². The molecular weight excluding hydrogens is 367 g/mol. The molecule has 0 radical (unpaired) electrons. The average molecular weight is 391 g/mol. The van der Waals surface area contributed by atoms with Gasteiger partial charge in [0.2, 0.25) is 5.91 Å². The number of rotatable bonds is 6. The van der Waals surface area contributed by atoms with Crippen LogP contribution in [0.4, 0.5) is 10.1 Å². The number of piperidine rings is 1. The van der Waals surface area contributed by atoms with Crippen molar-refractivity contribution in [1.82, 2.24) is 4.90 Å². The number of ether oxygens (including phenoxy) is 1. The predicted octanol–water partition coefficient (Wildman–Crippen LogP) is 4.73. The number of anilines is 1. The van der Waals surface area contributed by atoms with Crippen LogP contribution in [0.15, 0.2) is 42.5 Å². The minimum absolute atomic E-state index is 0.0107. The zero-order chi connectivity index (χ0) is 19.2. The minimum atomic E-state index is -0.302. The number of carbonyl (C=O) groups is 1. The Morgan fingerprint density at radius 2 is 2.07 bits per heavy atom. The maximum Gasteiger partial charge on any atom is 0.228 e. The highest BCUT2D eigenvalue weighted by Crippen LogP contribution is 2.25. The Hall–Kier alpha value is -2.11. The normalized spacial score (nSPS) is 17.5. The van der Waals surface area contributed by atoms with Crippen molar-refractivity contribution in [1.29, 1.82) is 0 Å². The topological polar surface area (TPSA) is 41.6 Å². The first kappa shape index (κ1) is 19.6. The van der Waals surface area contributed by atoms with E-state index in [1.807, 2.05) is 31.2 Å². The van der Waals surface area contributed by atoms with Crippen molar-refractivity contribution in [3.8, 4) is 5.75 Å². The number of amides is 1. The number of halogens is 2. The summed E-state index contributed by atoms with van der Waals surface area (Å²) >= 11 is 6.13. The second-order valence-electron chi connectivity index (χ2n) is 6.72. The fourth-order valence-electron chi connectivity index (χ4n) is 3.37. The predicted molar refractivity (Wildman–Crippen MR) is 106 cm³/mol.